The quantitative estimate of drug-likeness (QED) is 0.525. The number of nitrogens with zero attached hydrogens (tertiary/aromatic N) is 3. The van der Waals surface area contributed by atoms with Gasteiger partial charge in [-0.1, -0.05) is 30.3 Å². The molecular formula is C23H27N5O2S. The molecule has 0 aliphatic heterocycles. The van der Waals surface area contributed by atoms with Crippen molar-refractivity contribution in [3.63, 3.8) is 0 Å². The Hall–Kier alpha value is -3.10. The van der Waals surface area contributed by atoms with Crippen molar-refractivity contribution in [2.45, 2.75) is 18.7 Å². The van der Waals surface area contributed by atoms with Crippen molar-refractivity contribution in [2.75, 3.05) is 37.0 Å². The second kappa shape index (κ2) is 10.3. The van der Waals surface area contributed by atoms with Crippen molar-refractivity contribution in [3.05, 3.63) is 66.0 Å². The maximum absolute atomic E-state index is 12.6. The molecule has 0 fully saturated rings. The molecule has 0 bridgehead atoms. The van der Waals surface area contributed by atoms with Crippen LogP contribution in [0.1, 0.15) is 11.4 Å². The van der Waals surface area contributed by atoms with Crippen LogP contribution in [-0.4, -0.2) is 52.9 Å². The maximum Gasteiger partial charge on any atom is 0.238 e. The maximum atomic E-state index is 12.6. The third-order valence-corrected chi connectivity index (χ3v) is 5.56. The van der Waals surface area contributed by atoms with Crippen molar-refractivity contribution in [1.29, 1.82) is 0 Å². The topological polar surface area (TPSA) is 79.3 Å². The minimum Gasteiger partial charge on any atom is -0.324 e. The van der Waals surface area contributed by atoms with E-state index in [2.05, 4.69) is 15.7 Å². The molecule has 3 rings (SSSR count). The lowest BCUT2D eigenvalue weighted by Crippen LogP contribution is -2.36. The number of benzene rings is 2. The van der Waals surface area contributed by atoms with E-state index in [1.54, 1.807) is 23.7 Å². The van der Waals surface area contributed by atoms with Gasteiger partial charge in [-0.25, -0.2) is 4.68 Å². The van der Waals surface area contributed by atoms with Gasteiger partial charge in [-0.2, -0.15) is 5.10 Å². The molecule has 0 saturated carbocycles. The van der Waals surface area contributed by atoms with E-state index < -0.39 is 0 Å². The summed E-state index contributed by atoms with van der Waals surface area (Å²) >= 11 is 1.57. The smallest absolute Gasteiger partial charge is 0.238 e. The highest BCUT2D eigenvalue weighted by molar-refractivity contribution is 7.98. The molecule has 2 N–H and O–H groups in total. The Kier molecular flexibility index (Phi) is 7.49. The van der Waals surface area contributed by atoms with Gasteiger partial charge in [-0.05, 0) is 51.4 Å². The average Bonchev–Trinajstić information content (AvgIpc) is 3.02. The van der Waals surface area contributed by atoms with Crippen LogP contribution < -0.4 is 10.6 Å². The number of thioether (sulfide) groups is 1. The molecule has 162 valence electrons. The molecule has 3 aromatic rings. The fourth-order valence-corrected chi connectivity index (χ4v) is 3.86. The molecule has 0 saturated heterocycles. The van der Waals surface area contributed by atoms with Gasteiger partial charge in [0.2, 0.25) is 11.8 Å². The molecule has 8 heteroatoms. The highest BCUT2D eigenvalue weighted by Gasteiger charge is 2.17. The molecular weight excluding hydrogens is 410 g/mol. The normalized spacial score (nSPS) is 10.9. The molecule has 0 spiro atoms. The first kappa shape index (κ1) is 22.6. The van der Waals surface area contributed by atoms with Crippen LogP contribution in [0, 0.1) is 13.8 Å². The summed E-state index contributed by atoms with van der Waals surface area (Å²) in [4.78, 5) is 27.7. The minimum absolute atomic E-state index is 0.0903. The predicted octanol–water partition coefficient (Wildman–Crippen LogP) is 3.72. The lowest BCUT2D eigenvalue weighted by atomic mass is 10.3. The van der Waals surface area contributed by atoms with Crippen molar-refractivity contribution >= 4 is 35.0 Å². The third-order valence-electron chi connectivity index (χ3n) is 4.76. The van der Waals surface area contributed by atoms with Gasteiger partial charge in [0, 0.05) is 4.90 Å². The highest BCUT2D eigenvalue weighted by atomic mass is 32.2. The summed E-state index contributed by atoms with van der Waals surface area (Å²) in [5, 5.41) is 10.4. The summed E-state index contributed by atoms with van der Waals surface area (Å²) in [7, 11) is 1.74. The van der Waals surface area contributed by atoms with E-state index >= 15 is 0 Å². The van der Waals surface area contributed by atoms with Gasteiger partial charge in [0.25, 0.3) is 0 Å². The molecule has 0 unspecified atom stereocenters. The van der Waals surface area contributed by atoms with E-state index in [-0.39, 0.29) is 24.9 Å². The number of para-hydroxylation sites is 2. The Morgan fingerprint density at radius 2 is 1.58 bits per heavy atom. The van der Waals surface area contributed by atoms with Gasteiger partial charge >= 0.3 is 0 Å². The van der Waals surface area contributed by atoms with E-state index in [1.807, 2.05) is 79.4 Å². The monoisotopic (exact) mass is 437 g/mol. The molecule has 1 heterocycles. The number of nitrogens with one attached hydrogen (secondary N) is 2. The third kappa shape index (κ3) is 5.74. The van der Waals surface area contributed by atoms with Crippen LogP contribution in [0.25, 0.3) is 5.69 Å². The number of aromatic nitrogens is 2. The first-order valence-corrected chi connectivity index (χ1v) is 11.1. The number of rotatable bonds is 8. The van der Waals surface area contributed by atoms with Crippen LogP contribution in [0.3, 0.4) is 0 Å². The Bertz CT molecular complexity index is 1070. The molecule has 1 aromatic heterocycles. The van der Waals surface area contributed by atoms with Crippen molar-refractivity contribution in [2.24, 2.45) is 0 Å². The Balaban J connectivity index is 1.58. The number of anilines is 2. The molecule has 2 amide bonds. The number of hydrogen-bond donors (Lipinski definition) is 2. The molecule has 31 heavy (non-hydrogen) atoms. The van der Waals surface area contributed by atoms with Gasteiger partial charge < -0.3 is 10.6 Å². The summed E-state index contributed by atoms with van der Waals surface area (Å²) in [5.74, 6) is -0.361. The fourth-order valence-electron chi connectivity index (χ4n) is 3.31. The van der Waals surface area contributed by atoms with Crippen molar-refractivity contribution in [3.8, 4) is 5.69 Å². The lowest BCUT2D eigenvalue weighted by molar-refractivity contribution is -0.119. The molecule has 0 aliphatic rings. The predicted molar refractivity (Wildman–Crippen MR) is 126 cm³/mol. The average molecular weight is 438 g/mol. The second-order valence-corrected chi connectivity index (χ2v) is 8.11. The first-order valence-electron chi connectivity index (χ1n) is 9.92. The number of amides is 2. The lowest BCUT2D eigenvalue weighted by Gasteiger charge is -2.17. The van der Waals surface area contributed by atoms with Crippen LogP contribution >= 0.6 is 11.8 Å². The van der Waals surface area contributed by atoms with E-state index in [1.165, 1.54) is 0 Å². The minimum atomic E-state index is -0.196. The largest absolute Gasteiger partial charge is 0.324 e. The summed E-state index contributed by atoms with van der Waals surface area (Å²) in [6.45, 7) is 3.98. The van der Waals surface area contributed by atoms with Gasteiger partial charge in [0.15, 0.2) is 0 Å². The molecule has 0 radical (unpaired) electrons. The standard InChI is InChI=1S/C23H27N5O2S/c1-16-23(17(2)28(26-16)18-10-6-5-7-11-18)25-22(30)15-27(3)14-21(29)24-19-12-8-9-13-20(19)31-4/h5-13H,14-15H2,1-4H3,(H,24,29)(H,25,30). The molecule has 0 atom stereocenters. The Labute approximate surface area is 186 Å². The SMILES string of the molecule is CSc1ccccc1NC(=O)CN(C)CC(=O)Nc1c(C)nn(-c2ccccc2)c1C. The van der Waals surface area contributed by atoms with Crippen molar-refractivity contribution < 1.29 is 9.59 Å². The van der Waals surface area contributed by atoms with Gasteiger partial charge in [0.05, 0.1) is 41.5 Å². The zero-order valence-electron chi connectivity index (χ0n) is 18.2. The Morgan fingerprint density at radius 1 is 0.968 bits per heavy atom. The molecule has 0 aliphatic carbocycles. The molecule has 2 aromatic carbocycles. The Morgan fingerprint density at radius 3 is 2.26 bits per heavy atom. The second-order valence-electron chi connectivity index (χ2n) is 7.26. The summed E-state index contributed by atoms with van der Waals surface area (Å²) in [6, 6.07) is 17.4. The van der Waals surface area contributed by atoms with Crippen LogP contribution in [0.5, 0.6) is 0 Å². The number of aryl methyl sites for hydroxylation is 1. The zero-order chi connectivity index (χ0) is 22.4. The van der Waals surface area contributed by atoms with Crippen LogP contribution in [-0.2, 0) is 9.59 Å². The number of hydrogen-bond acceptors (Lipinski definition) is 5. The van der Waals surface area contributed by atoms with Crippen molar-refractivity contribution in [1.82, 2.24) is 14.7 Å². The van der Waals surface area contributed by atoms with Crippen LogP contribution in [0.2, 0.25) is 0 Å². The number of carbonyl (C=O) groups excluding carboxylic acids is 2. The molecule has 7 nitrogen and oxygen atoms in total. The number of likely N-dealkylation sites (N-methyl/N-ethyl adjacent to an activating group) is 1. The van der Waals surface area contributed by atoms with Gasteiger partial charge in [-0.15, -0.1) is 11.8 Å². The van der Waals surface area contributed by atoms with E-state index in [0.29, 0.717) is 5.69 Å². The van der Waals surface area contributed by atoms with Crippen LogP contribution in [0.15, 0.2) is 59.5 Å². The number of carbonyl (C=O) groups is 2. The summed E-state index contributed by atoms with van der Waals surface area (Å²) < 4.78 is 1.81. The first-order chi connectivity index (χ1) is 14.9. The van der Waals surface area contributed by atoms with Gasteiger partial charge in [0.1, 0.15) is 0 Å². The van der Waals surface area contributed by atoms with E-state index in [4.69, 9.17) is 0 Å². The fraction of sp³-hybridized carbons (Fsp3) is 0.261. The van der Waals surface area contributed by atoms with E-state index in [0.717, 1.165) is 27.7 Å². The van der Waals surface area contributed by atoms with Gasteiger partial charge in [-0.3, -0.25) is 14.5 Å². The van der Waals surface area contributed by atoms with Crippen LogP contribution in [0.4, 0.5) is 11.4 Å². The highest BCUT2D eigenvalue weighted by Crippen LogP contribution is 2.25. The summed E-state index contributed by atoms with van der Waals surface area (Å²) in [6.07, 6.45) is 1.96. The summed E-state index contributed by atoms with van der Waals surface area (Å²) in [5.41, 5.74) is 4.00. The van der Waals surface area contributed by atoms with E-state index in [9.17, 15) is 9.59 Å². The zero-order valence-corrected chi connectivity index (χ0v) is 19.0.